The summed E-state index contributed by atoms with van der Waals surface area (Å²) >= 11 is 0. The molecule has 2 aromatic rings. The number of rotatable bonds is 1. The van der Waals surface area contributed by atoms with E-state index in [0.717, 1.165) is 11.6 Å². The Hall–Kier alpha value is -3.22. The molecule has 0 radical (unpaired) electrons. The average molecular weight is 312 g/mol. The third kappa shape index (κ3) is 2.42. The van der Waals surface area contributed by atoms with E-state index in [1.165, 1.54) is 24.0 Å². The SMILES string of the molecule is CC(=O)N1c2ccc(C)cc2OC(=O)c2cc([N+](=O)[O-])ccc21. The van der Waals surface area contributed by atoms with Gasteiger partial charge in [0.25, 0.3) is 5.69 Å². The lowest BCUT2D eigenvalue weighted by atomic mass is 10.1. The molecule has 1 aliphatic heterocycles. The molecule has 0 saturated heterocycles. The van der Waals surface area contributed by atoms with E-state index in [0.29, 0.717) is 5.69 Å². The van der Waals surface area contributed by atoms with Gasteiger partial charge in [-0.25, -0.2) is 4.79 Å². The van der Waals surface area contributed by atoms with Gasteiger partial charge in [-0.05, 0) is 30.7 Å². The van der Waals surface area contributed by atoms with Crippen LogP contribution in [0.4, 0.5) is 17.1 Å². The van der Waals surface area contributed by atoms with Crippen molar-refractivity contribution in [3.05, 3.63) is 57.6 Å². The van der Waals surface area contributed by atoms with Crippen LogP contribution in [0.3, 0.4) is 0 Å². The van der Waals surface area contributed by atoms with Gasteiger partial charge in [0.05, 0.1) is 21.9 Å². The highest BCUT2D eigenvalue weighted by atomic mass is 16.6. The Balaban J connectivity index is 2.28. The molecule has 7 nitrogen and oxygen atoms in total. The fraction of sp³-hybridized carbons (Fsp3) is 0.125. The molecule has 7 heteroatoms. The van der Waals surface area contributed by atoms with Gasteiger partial charge in [-0.3, -0.25) is 19.8 Å². The maximum absolute atomic E-state index is 12.3. The first kappa shape index (κ1) is 14.7. The Morgan fingerprint density at radius 3 is 2.52 bits per heavy atom. The lowest BCUT2D eigenvalue weighted by Crippen LogP contribution is -2.23. The van der Waals surface area contributed by atoms with Crippen LogP contribution in [0.5, 0.6) is 5.75 Å². The Bertz CT molecular complexity index is 860. The maximum Gasteiger partial charge on any atom is 0.346 e. The molecule has 2 aromatic carbocycles. The second-order valence-electron chi connectivity index (χ2n) is 5.17. The van der Waals surface area contributed by atoms with Crippen molar-refractivity contribution in [2.75, 3.05) is 4.90 Å². The molecule has 1 amide bonds. The van der Waals surface area contributed by atoms with Crippen molar-refractivity contribution in [2.45, 2.75) is 13.8 Å². The summed E-state index contributed by atoms with van der Waals surface area (Å²) in [6, 6.07) is 8.86. The Morgan fingerprint density at radius 1 is 1.17 bits per heavy atom. The number of hydrogen-bond acceptors (Lipinski definition) is 5. The molecule has 0 N–H and O–H groups in total. The molecule has 0 saturated carbocycles. The third-order valence-electron chi connectivity index (χ3n) is 3.53. The summed E-state index contributed by atoms with van der Waals surface area (Å²) in [6.07, 6.45) is 0. The van der Waals surface area contributed by atoms with Gasteiger partial charge in [-0.2, -0.15) is 0 Å². The smallest absolute Gasteiger partial charge is 0.346 e. The first-order valence-corrected chi connectivity index (χ1v) is 6.80. The van der Waals surface area contributed by atoms with Gasteiger partial charge in [-0.1, -0.05) is 6.07 Å². The van der Waals surface area contributed by atoms with Crippen LogP contribution in [-0.2, 0) is 4.79 Å². The van der Waals surface area contributed by atoms with E-state index in [2.05, 4.69) is 0 Å². The summed E-state index contributed by atoms with van der Waals surface area (Å²) in [5.74, 6) is -0.827. The molecule has 0 bridgehead atoms. The first-order chi connectivity index (χ1) is 10.9. The van der Waals surface area contributed by atoms with E-state index in [9.17, 15) is 19.7 Å². The number of nitro benzene ring substituents is 1. The van der Waals surface area contributed by atoms with E-state index < -0.39 is 10.9 Å². The van der Waals surface area contributed by atoms with Crippen molar-refractivity contribution in [3.63, 3.8) is 0 Å². The predicted molar refractivity (Wildman–Crippen MR) is 82.1 cm³/mol. The summed E-state index contributed by atoms with van der Waals surface area (Å²) in [6.45, 7) is 3.18. The molecular weight excluding hydrogens is 300 g/mol. The van der Waals surface area contributed by atoms with Crippen molar-refractivity contribution >= 4 is 28.9 Å². The number of non-ortho nitro benzene ring substituents is 1. The Morgan fingerprint density at radius 2 is 1.87 bits per heavy atom. The number of anilines is 2. The van der Waals surface area contributed by atoms with Crippen molar-refractivity contribution in [1.29, 1.82) is 0 Å². The van der Waals surface area contributed by atoms with E-state index in [4.69, 9.17) is 4.74 Å². The monoisotopic (exact) mass is 312 g/mol. The third-order valence-corrected chi connectivity index (χ3v) is 3.53. The number of hydrogen-bond donors (Lipinski definition) is 0. The summed E-state index contributed by atoms with van der Waals surface area (Å²) in [5.41, 5.74) is 1.27. The number of benzene rings is 2. The molecular formula is C16H12N2O5. The van der Waals surface area contributed by atoms with Gasteiger partial charge in [0.1, 0.15) is 0 Å². The van der Waals surface area contributed by atoms with Crippen LogP contribution in [0, 0.1) is 17.0 Å². The largest absolute Gasteiger partial charge is 0.421 e. The van der Waals surface area contributed by atoms with Gasteiger partial charge in [0.2, 0.25) is 5.91 Å². The van der Waals surface area contributed by atoms with E-state index >= 15 is 0 Å². The predicted octanol–water partition coefficient (Wildman–Crippen LogP) is 3.12. The van der Waals surface area contributed by atoms with Gasteiger partial charge in [-0.15, -0.1) is 0 Å². The van der Waals surface area contributed by atoms with Crippen molar-refractivity contribution in [3.8, 4) is 5.75 Å². The molecule has 0 unspecified atom stereocenters. The molecule has 0 aromatic heterocycles. The minimum absolute atomic E-state index is 0.0248. The highest BCUT2D eigenvalue weighted by Crippen LogP contribution is 2.40. The fourth-order valence-electron chi connectivity index (χ4n) is 2.51. The van der Waals surface area contributed by atoms with Crippen LogP contribution in [0.2, 0.25) is 0 Å². The molecule has 3 rings (SSSR count). The number of amides is 1. The summed E-state index contributed by atoms with van der Waals surface area (Å²) in [4.78, 5) is 36.1. The molecule has 23 heavy (non-hydrogen) atoms. The van der Waals surface area contributed by atoms with E-state index in [-0.39, 0.29) is 28.6 Å². The van der Waals surface area contributed by atoms with Gasteiger partial charge in [0, 0.05) is 19.1 Å². The molecule has 0 aliphatic carbocycles. The number of ether oxygens (including phenoxy) is 1. The van der Waals surface area contributed by atoms with Crippen LogP contribution in [-0.4, -0.2) is 16.8 Å². The van der Waals surface area contributed by atoms with Gasteiger partial charge < -0.3 is 4.74 Å². The number of nitrogens with zero attached hydrogens (tertiary/aromatic N) is 2. The van der Waals surface area contributed by atoms with Crippen LogP contribution in [0.1, 0.15) is 22.8 Å². The lowest BCUT2D eigenvalue weighted by molar-refractivity contribution is -0.384. The highest BCUT2D eigenvalue weighted by Gasteiger charge is 2.30. The van der Waals surface area contributed by atoms with Crippen LogP contribution < -0.4 is 9.64 Å². The molecule has 0 fully saturated rings. The number of carbonyl (C=O) groups is 2. The second kappa shape index (κ2) is 5.20. The number of aryl methyl sites for hydroxylation is 1. The Kier molecular flexibility index (Phi) is 3.33. The molecule has 0 spiro atoms. The minimum Gasteiger partial charge on any atom is -0.421 e. The maximum atomic E-state index is 12.3. The zero-order chi connectivity index (χ0) is 16.7. The summed E-state index contributed by atoms with van der Waals surface area (Å²) in [7, 11) is 0. The molecule has 1 aliphatic rings. The number of carbonyl (C=O) groups excluding carboxylic acids is 2. The van der Waals surface area contributed by atoms with Crippen molar-refractivity contribution in [2.24, 2.45) is 0 Å². The summed E-state index contributed by atoms with van der Waals surface area (Å²) < 4.78 is 5.32. The topological polar surface area (TPSA) is 89.8 Å². The number of esters is 1. The van der Waals surface area contributed by atoms with E-state index in [1.807, 2.05) is 6.92 Å². The zero-order valence-electron chi connectivity index (χ0n) is 12.4. The lowest BCUT2D eigenvalue weighted by Gasteiger charge is -2.21. The standard InChI is InChI=1S/C16H12N2O5/c1-9-3-5-14-15(7-9)23-16(20)12-8-11(18(21)22)4-6-13(12)17(14)10(2)19/h3-8H,1-2H3. The van der Waals surface area contributed by atoms with Gasteiger partial charge >= 0.3 is 5.97 Å². The van der Waals surface area contributed by atoms with Crippen molar-refractivity contribution in [1.82, 2.24) is 0 Å². The average Bonchev–Trinajstić information content (AvgIpc) is 2.60. The zero-order valence-corrected chi connectivity index (χ0v) is 12.4. The molecule has 116 valence electrons. The Labute approximate surface area is 131 Å². The highest BCUT2D eigenvalue weighted by molar-refractivity contribution is 6.10. The quantitative estimate of drug-likeness (QED) is 0.349. The van der Waals surface area contributed by atoms with E-state index in [1.54, 1.807) is 18.2 Å². The number of nitro groups is 1. The minimum atomic E-state index is -0.737. The first-order valence-electron chi connectivity index (χ1n) is 6.80. The van der Waals surface area contributed by atoms with Gasteiger partial charge in [0.15, 0.2) is 5.75 Å². The summed E-state index contributed by atoms with van der Waals surface area (Å²) in [5, 5.41) is 10.9. The van der Waals surface area contributed by atoms with Crippen molar-refractivity contribution < 1.29 is 19.2 Å². The fourth-order valence-corrected chi connectivity index (χ4v) is 2.51. The van der Waals surface area contributed by atoms with Crippen LogP contribution in [0.25, 0.3) is 0 Å². The second-order valence-corrected chi connectivity index (χ2v) is 5.17. The number of fused-ring (bicyclic) bond motifs is 2. The van der Waals surface area contributed by atoms with Crippen LogP contribution in [0.15, 0.2) is 36.4 Å². The normalized spacial score (nSPS) is 12.8. The molecule has 1 heterocycles. The van der Waals surface area contributed by atoms with Crippen LogP contribution >= 0.6 is 0 Å². The molecule has 0 atom stereocenters.